The fraction of sp³-hybridized carbons (Fsp3) is 0.800. The molecule has 3 amide bonds. The van der Waals surface area contributed by atoms with E-state index in [-0.39, 0.29) is 30.1 Å². The van der Waals surface area contributed by atoms with Crippen molar-refractivity contribution in [2.45, 2.75) is 43.8 Å². The van der Waals surface area contributed by atoms with Crippen LogP contribution in [0.25, 0.3) is 0 Å². The number of carbonyl (C=O) groups excluding carboxylic acids is 3. The van der Waals surface area contributed by atoms with Crippen LogP contribution in [-0.4, -0.2) is 65.9 Å². The highest BCUT2D eigenvalue weighted by Gasteiger charge is 2.39. The number of nitrogens with one attached hydrogen (secondary N) is 4. The van der Waals surface area contributed by atoms with Gasteiger partial charge in [-0.15, -0.1) is 11.8 Å². The molecular formula is C15H25N5O4S. The summed E-state index contributed by atoms with van der Waals surface area (Å²) in [5.41, 5.74) is 3.28. The van der Waals surface area contributed by atoms with Gasteiger partial charge >= 0.3 is 6.09 Å². The molecule has 4 atom stereocenters. The summed E-state index contributed by atoms with van der Waals surface area (Å²) in [6.07, 6.45) is 1.75. The molecule has 0 bridgehead atoms. The molecule has 3 aliphatic rings. The van der Waals surface area contributed by atoms with Gasteiger partial charge in [0.1, 0.15) is 0 Å². The topological polar surface area (TPSA) is 112 Å². The second kappa shape index (κ2) is 8.35. The number of fused-ring (bicyclic) bond motifs is 1. The van der Waals surface area contributed by atoms with Crippen LogP contribution in [0.4, 0.5) is 4.79 Å². The molecule has 0 saturated carbocycles. The van der Waals surface area contributed by atoms with E-state index in [9.17, 15) is 14.4 Å². The zero-order valence-electron chi connectivity index (χ0n) is 14.2. The minimum atomic E-state index is -0.739. The summed E-state index contributed by atoms with van der Waals surface area (Å²) in [7, 11) is 0. The van der Waals surface area contributed by atoms with Gasteiger partial charge in [0, 0.05) is 13.1 Å². The highest BCUT2D eigenvalue weighted by molar-refractivity contribution is 8.00. The maximum atomic E-state index is 12.6. The molecule has 3 heterocycles. The van der Waals surface area contributed by atoms with Gasteiger partial charge in [0.05, 0.1) is 30.1 Å². The van der Waals surface area contributed by atoms with Crippen molar-refractivity contribution < 1.29 is 19.1 Å². The van der Waals surface area contributed by atoms with Crippen LogP contribution < -0.4 is 21.4 Å². The van der Waals surface area contributed by atoms with Crippen molar-refractivity contribution in [3.8, 4) is 0 Å². The van der Waals surface area contributed by atoms with Gasteiger partial charge in [-0.1, -0.05) is 0 Å². The number of hydrogen-bond acceptors (Lipinski definition) is 8. The van der Waals surface area contributed by atoms with E-state index in [1.54, 1.807) is 6.92 Å². The quantitative estimate of drug-likeness (QED) is 0.516. The van der Waals surface area contributed by atoms with Crippen molar-refractivity contribution in [3.63, 3.8) is 0 Å². The maximum absolute atomic E-state index is 12.6. The van der Waals surface area contributed by atoms with E-state index in [0.717, 1.165) is 25.3 Å². The lowest BCUT2D eigenvalue weighted by atomic mass is 10.0. The van der Waals surface area contributed by atoms with Gasteiger partial charge < -0.3 is 10.1 Å². The number of thioether (sulfide) groups is 1. The standard InChI is InChI=1S/C15H25N5O4S/c1-2-24-15(23)19-12(21)9-5-8-25-14(9)18-13(22)10-4-7-20-11(17-10)3-6-16-20/h9-11,14,16-17H,2-8H2,1H3,(H,18,22)(H,19,21,23). The Morgan fingerprint density at radius 2 is 2.08 bits per heavy atom. The third kappa shape index (κ3) is 4.43. The first kappa shape index (κ1) is 18.4. The Morgan fingerprint density at radius 3 is 2.88 bits per heavy atom. The first-order valence-electron chi connectivity index (χ1n) is 8.74. The van der Waals surface area contributed by atoms with Gasteiger partial charge in [-0.25, -0.2) is 9.80 Å². The van der Waals surface area contributed by atoms with Gasteiger partial charge in [-0.2, -0.15) is 0 Å². The molecule has 0 aliphatic carbocycles. The summed E-state index contributed by atoms with van der Waals surface area (Å²) < 4.78 is 4.74. The normalized spacial score (nSPS) is 32.0. The number of hydrogen-bond donors (Lipinski definition) is 4. The molecule has 4 N–H and O–H groups in total. The molecule has 140 valence electrons. The van der Waals surface area contributed by atoms with Crippen molar-refractivity contribution in [2.75, 3.05) is 25.4 Å². The second-order valence-electron chi connectivity index (χ2n) is 6.32. The number of hydrazine groups is 1. The van der Waals surface area contributed by atoms with Crippen LogP contribution in [-0.2, 0) is 14.3 Å². The van der Waals surface area contributed by atoms with Crippen molar-refractivity contribution in [1.82, 2.24) is 26.4 Å². The molecule has 0 aromatic carbocycles. The van der Waals surface area contributed by atoms with E-state index in [1.165, 1.54) is 11.8 Å². The van der Waals surface area contributed by atoms with Gasteiger partial charge in [0.15, 0.2) is 0 Å². The lowest BCUT2D eigenvalue weighted by Gasteiger charge is -2.35. The van der Waals surface area contributed by atoms with E-state index >= 15 is 0 Å². The summed E-state index contributed by atoms with van der Waals surface area (Å²) >= 11 is 1.54. The lowest BCUT2D eigenvalue weighted by molar-refractivity contribution is -0.127. The number of alkyl carbamates (subject to hydrolysis) is 1. The first-order valence-corrected chi connectivity index (χ1v) is 9.79. The minimum absolute atomic E-state index is 0.0834. The summed E-state index contributed by atoms with van der Waals surface area (Å²) in [6, 6.07) is -0.254. The number of imide groups is 1. The van der Waals surface area contributed by atoms with Crippen molar-refractivity contribution in [1.29, 1.82) is 0 Å². The SMILES string of the molecule is CCOC(=O)NC(=O)C1CCSC1NC(=O)C1CCN2NCCC2N1. The molecule has 9 nitrogen and oxygen atoms in total. The number of rotatable bonds is 4. The molecule has 0 aromatic rings. The monoisotopic (exact) mass is 371 g/mol. The molecule has 3 fully saturated rings. The Balaban J connectivity index is 1.51. The summed E-state index contributed by atoms with van der Waals surface area (Å²) in [4.78, 5) is 36.3. The lowest BCUT2D eigenvalue weighted by Crippen LogP contribution is -2.60. The van der Waals surface area contributed by atoms with Crippen LogP contribution in [0.1, 0.15) is 26.2 Å². The average molecular weight is 371 g/mol. The molecular weight excluding hydrogens is 346 g/mol. The van der Waals surface area contributed by atoms with Crippen LogP contribution >= 0.6 is 11.8 Å². The van der Waals surface area contributed by atoms with E-state index < -0.39 is 17.9 Å². The Kier molecular flexibility index (Phi) is 6.15. The van der Waals surface area contributed by atoms with Crippen LogP contribution in [0.15, 0.2) is 0 Å². The average Bonchev–Trinajstić information content (AvgIpc) is 3.22. The predicted octanol–water partition coefficient (Wildman–Crippen LogP) is -0.647. The van der Waals surface area contributed by atoms with Gasteiger partial charge in [0.25, 0.3) is 0 Å². The van der Waals surface area contributed by atoms with Gasteiger partial charge in [0.2, 0.25) is 11.8 Å². The largest absolute Gasteiger partial charge is 0.450 e. The predicted molar refractivity (Wildman–Crippen MR) is 92.3 cm³/mol. The van der Waals surface area contributed by atoms with Gasteiger partial charge in [-0.3, -0.25) is 25.6 Å². The zero-order valence-corrected chi connectivity index (χ0v) is 15.1. The third-order valence-corrected chi connectivity index (χ3v) is 5.97. The Labute approximate surface area is 150 Å². The van der Waals surface area contributed by atoms with Crippen LogP contribution in [0, 0.1) is 5.92 Å². The number of carbonyl (C=O) groups is 3. The molecule has 0 radical (unpaired) electrons. The molecule has 10 heteroatoms. The molecule has 4 unspecified atom stereocenters. The fourth-order valence-corrected chi connectivity index (χ4v) is 4.75. The Bertz CT molecular complexity index is 534. The van der Waals surface area contributed by atoms with Crippen molar-refractivity contribution >= 4 is 29.7 Å². The molecule has 3 saturated heterocycles. The van der Waals surface area contributed by atoms with Crippen LogP contribution in [0.2, 0.25) is 0 Å². The minimum Gasteiger partial charge on any atom is -0.450 e. The number of nitrogens with zero attached hydrogens (tertiary/aromatic N) is 1. The number of amides is 3. The van der Waals surface area contributed by atoms with Crippen molar-refractivity contribution in [3.05, 3.63) is 0 Å². The summed E-state index contributed by atoms with van der Waals surface area (Å²) in [5, 5.41) is 10.4. The van der Waals surface area contributed by atoms with E-state index in [2.05, 4.69) is 26.4 Å². The second-order valence-corrected chi connectivity index (χ2v) is 7.57. The molecule has 25 heavy (non-hydrogen) atoms. The highest BCUT2D eigenvalue weighted by Crippen LogP contribution is 2.31. The van der Waals surface area contributed by atoms with Gasteiger partial charge in [-0.05, 0) is 31.9 Å². The first-order chi connectivity index (χ1) is 12.1. The van der Waals surface area contributed by atoms with E-state index in [0.29, 0.717) is 12.8 Å². The molecule has 0 spiro atoms. The molecule has 0 aromatic heterocycles. The van der Waals surface area contributed by atoms with E-state index in [1.807, 2.05) is 0 Å². The maximum Gasteiger partial charge on any atom is 0.413 e. The summed E-state index contributed by atoms with van der Waals surface area (Å²) in [5.74, 6) is -0.132. The number of ether oxygens (including phenoxy) is 1. The smallest absolute Gasteiger partial charge is 0.413 e. The third-order valence-electron chi connectivity index (χ3n) is 4.69. The Hall–Kier alpha value is -1.36. The fourth-order valence-electron chi connectivity index (χ4n) is 3.41. The zero-order chi connectivity index (χ0) is 17.8. The Morgan fingerprint density at radius 1 is 1.24 bits per heavy atom. The van der Waals surface area contributed by atoms with Crippen LogP contribution in [0.3, 0.4) is 0 Å². The molecule has 3 aliphatic heterocycles. The highest BCUT2D eigenvalue weighted by atomic mass is 32.2. The molecule has 3 rings (SSSR count). The van der Waals surface area contributed by atoms with E-state index in [4.69, 9.17) is 4.74 Å². The summed E-state index contributed by atoms with van der Waals surface area (Å²) in [6.45, 7) is 3.62. The van der Waals surface area contributed by atoms with Crippen LogP contribution in [0.5, 0.6) is 0 Å². The van der Waals surface area contributed by atoms with Crippen molar-refractivity contribution in [2.24, 2.45) is 5.92 Å².